The van der Waals surface area contributed by atoms with Crippen molar-refractivity contribution in [2.45, 2.75) is 48.5 Å². The lowest BCUT2D eigenvalue weighted by Gasteiger charge is -1.80. The summed E-state index contributed by atoms with van der Waals surface area (Å²) in [7, 11) is 0. The van der Waals surface area contributed by atoms with Gasteiger partial charge in [0.1, 0.15) is 5.76 Å². The maximum Gasteiger partial charge on any atom is 0.136 e. The predicted molar refractivity (Wildman–Crippen MR) is 53.4 cm³/mol. The van der Waals surface area contributed by atoms with E-state index in [-0.39, 0.29) is 0 Å². The number of hydrogen-bond donors (Lipinski definition) is 0. The average Bonchev–Trinajstić information content (AvgIpc) is 2.43. The fourth-order valence-electron chi connectivity index (χ4n) is 0.529. The van der Waals surface area contributed by atoms with E-state index in [1.54, 1.807) is 0 Å². The molecule has 0 fully saturated rings. The zero-order valence-electron chi connectivity index (χ0n) is 9.36. The molecule has 0 saturated heterocycles. The lowest BCUT2D eigenvalue weighted by molar-refractivity contribution is 0.392. The second-order valence-electron chi connectivity index (χ2n) is 1.95. The highest BCUT2D eigenvalue weighted by atomic mass is 16.5. The summed E-state index contributed by atoms with van der Waals surface area (Å²) >= 11 is 0. The van der Waals surface area contributed by atoms with Gasteiger partial charge in [-0.2, -0.15) is 0 Å². The van der Waals surface area contributed by atoms with Crippen LogP contribution in [0.4, 0.5) is 0 Å². The van der Waals surface area contributed by atoms with Crippen molar-refractivity contribution in [3.05, 3.63) is 17.0 Å². The van der Waals surface area contributed by atoms with E-state index in [2.05, 4.69) is 5.16 Å². The van der Waals surface area contributed by atoms with Gasteiger partial charge in [-0.15, -0.1) is 0 Å². The number of aromatic nitrogens is 1. The second kappa shape index (κ2) is 8.31. The predicted octanol–water partition coefficient (Wildman–Crippen LogP) is 3.65. The summed E-state index contributed by atoms with van der Waals surface area (Å²) in [4.78, 5) is 0. The Kier molecular flexibility index (Phi) is 9.54. The van der Waals surface area contributed by atoms with Crippen molar-refractivity contribution in [2.75, 3.05) is 0 Å². The molecule has 0 radical (unpaired) electrons. The Morgan fingerprint density at radius 2 is 1.33 bits per heavy atom. The van der Waals surface area contributed by atoms with E-state index in [0.717, 1.165) is 17.0 Å². The van der Waals surface area contributed by atoms with Crippen LogP contribution in [0.3, 0.4) is 0 Å². The van der Waals surface area contributed by atoms with Crippen molar-refractivity contribution < 1.29 is 4.52 Å². The Morgan fingerprint density at radius 3 is 1.42 bits per heavy atom. The molecule has 72 valence electrons. The molecule has 0 spiro atoms. The van der Waals surface area contributed by atoms with Gasteiger partial charge in [-0.3, -0.25) is 0 Å². The van der Waals surface area contributed by atoms with Gasteiger partial charge in [0, 0.05) is 5.56 Å². The normalized spacial score (nSPS) is 7.58. The standard InChI is InChI=1S/C6H9NO.2C2H6/c1-4-5(2)7-8-6(4)3;2*1-2/h1-3H3;2*1-2H3. The molecule has 0 aliphatic rings. The Balaban J connectivity index is 0. The zero-order valence-corrected chi connectivity index (χ0v) is 9.36. The van der Waals surface area contributed by atoms with Crippen LogP contribution in [-0.2, 0) is 0 Å². The van der Waals surface area contributed by atoms with Crippen LogP contribution in [0.1, 0.15) is 44.7 Å². The van der Waals surface area contributed by atoms with E-state index in [9.17, 15) is 0 Å². The zero-order chi connectivity index (χ0) is 10.1. The van der Waals surface area contributed by atoms with Gasteiger partial charge in [-0.25, -0.2) is 0 Å². The Bertz CT molecular complexity index is 172. The van der Waals surface area contributed by atoms with Gasteiger partial charge in [0.2, 0.25) is 0 Å². The molecule has 0 unspecified atom stereocenters. The first kappa shape index (κ1) is 13.8. The van der Waals surface area contributed by atoms with Gasteiger partial charge in [0.05, 0.1) is 5.69 Å². The highest BCUT2D eigenvalue weighted by molar-refractivity contribution is 5.17. The van der Waals surface area contributed by atoms with Gasteiger partial charge < -0.3 is 4.52 Å². The van der Waals surface area contributed by atoms with Gasteiger partial charge >= 0.3 is 0 Å². The van der Waals surface area contributed by atoms with Gasteiger partial charge in [0.15, 0.2) is 0 Å². The van der Waals surface area contributed by atoms with E-state index in [4.69, 9.17) is 4.52 Å². The molecule has 2 nitrogen and oxygen atoms in total. The summed E-state index contributed by atoms with van der Waals surface area (Å²) in [5.74, 6) is 0.919. The van der Waals surface area contributed by atoms with Crippen LogP contribution >= 0.6 is 0 Å². The van der Waals surface area contributed by atoms with Crippen molar-refractivity contribution in [1.82, 2.24) is 5.16 Å². The molecule has 0 aliphatic carbocycles. The number of aryl methyl sites for hydroxylation is 2. The van der Waals surface area contributed by atoms with Gasteiger partial charge in [-0.1, -0.05) is 32.9 Å². The molecule has 1 aromatic rings. The van der Waals surface area contributed by atoms with Crippen molar-refractivity contribution in [3.63, 3.8) is 0 Å². The maximum atomic E-state index is 4.84. The Morgan fingerprint density at radius 1 is 0.917 bits per heavy atom. The monoisotopic (exact) mass is 171 g/mol. The van der Waals surface area contributed by atoms with Gasteiger partial charge in [0.25, 0.3) is 0 Å². The molecular weight excluding hydrogens is 150 g/mol. The fourth-order valence-corrected chi connectivity index (χ4v) is 0.529. The molecule has 0 aromatic carbocycles. The molecular formula is C10H21NO. The van der Waals surface area contributed by atoms with Crippen LogP contribution in [0.2, 0.25) is 0 Å². The summed E-state index contributed by atoms with van der Waals surface area (Å²) in [6.07, 6.45) is 0. The lowest BCUT2D eigenvalue weighted by atomic mass is 10.2. The Labute approximate surface area is 76.0 Å². The largest absolute Gasteiger partial charge is 0.361 e. The van der Waals surface area contributed by atoms with Crippen molar-refractivity contribution in [3.8, 4) is 0 Å². The van der Waals surface area contributed by atoms with E-state index < -0.39 is 0 Å². The highest BCUT2D eigenvalue weighted by Gasteiger charge is 1.99. The third-order valence-corrected chi connectivity index (χ3v) is 1.39. The highest BCUT2D eigenvalue weighted by Crippen LogP contribution is 2.08. The minimum absolute atomic E-state index is 0.919. The van der Waals surface area contributed by atoms with Crippen LogP contribution in [0, 0.1) is 20.8 Å². The van der Waals surface area contributed by atoms with Crippen LogP contribution in [0.15, 0.2) is 4.52 Å². The molecule has 1 aromatic heterocycles. The van der Waals surface area contributed by atoms with Crippen molar-refractivity contribution in [1.29, 1.82) is 0 Å². The fraction of sp³-hybridized carbons (Fsp3) is 0.700. The third-order valence-electron chi connectivity index (χ3n) is 1.39. The first-order valence-corrected chi connectivity index (χ1v) is 4.61. The summed E-state index contributed by atoms with van der Waals surface area (Å²) in [5, 5.41) is 3.74. The van der Waals surface area contributed by atoms with Crippen LogP contribution in [-0.4, -0.2) is 5.16 Å². The minimum Gasteiger partial charge on any atom is -0.361 e. The van der Waals surface area contributed by atoms with E-state index in [0.29, 0.717) is 0 Å². The number of nitrogens with zero attached hydrogens (tertiary/aromatic N) is 1. The third kappa shape index (κ3) is 4.16. The summed E-state index contributed by atoms with van der Waals surface area (Å²) < 4.78 is 4.84. The maximum absolute atomic E-state index is 4.84. The Hall–Kier alpha value is -0.790. The molecule has 0 N–H and O–H groups in total. The molecule has 0 bridgehead atoms. The minimum atomic E-state index is 0.919. The average molecular weight is 171 g/mol. The molecule has 12 heavy (non-hydrogen) atoms. The van der Waals surface area contributed by atoms with E-state index in [1.165, 1.54) is 0 Å². The van der Waals surface area contributed by atoms with Crippen molar-refractivity contribution >= 4 is 0 Å². The lowest BCUT2D eigenvalue weighted by Crippen LogP contribution is -1.73. The van der Waals surface area contributed by atoms with Crippen LogP contribution in [0.5, 0.6) is 0 Å². The van der Waals surface area contributed by atoms with Crippen LogP contribution < -0.4 is 0 Å². The van der Waals surface area contributed by atoms with E-state index >= 15 is 0 Å². The molecule has 0 saturated carbocycles. The smallest absolute Gasteiger partial charge is 0.136 e. The molecule has 1 rings (SSSR count). The summed E-state index contributed by atoms with van der Waals surface area (Å²) in [6, 6.07) is 0. The first-order chi connectivity index (χ1) is 5.72. The number of rotatable bonds is 0. The van der Waals surface area contributed by atoms with Crippen molar-refractivity contribution in [2.24, 2.45) is 0 Å². The van der Waals surface area contributed by atoms with Crippen LogP contribution in [0.25, 0.3) is 0 Å². The van der Waals surface area contributed by atoms with E-state index in [1.807, 2.05) is 48.5 Å². The quantitative estimate of drug-likeness (QED) is 0.595. The molecule has 1 heterocycles. The molecule has 0 atom stereocenters. The topological polar surface area (TPSA) is 26.0 Å². The molecule has 2 heteroatoms. The number of hydrogen-bond acceptors (Lipinski definition) is 2. The summed E-state index contributed by atoms with van der Waals surface area (Å²) in [6.45, 7) is 13.8. The SMILES string of the molecule is CC.CC.Cc1noc(C)c1C. The molecule has 0 aliphatic heterocycles. The first-order valence-electron chi connectivity index (χ1n) is 4.61. The van der Waals surface area contributed by atoms with Gasteiger partial charge in [-0.05, 0) is 20.8 Å². The second-order valence-corrected chi connectivity index (χ2v) is 1.95. The molecule has 0 amide bonds. The summed E-state index contributed by atoms with van der Waals surface area (Å²) in [5.41, 5.74) is 2.15.